The Morgan fingerprint density at radius 1 is 1.00 bits per heavy atom. The van der Waals surface area contributed by atoms with Gasteiger partial charge < -0.3 is 20.3 Å². The molecule has 148 valence electrons. The van der Waals surface area contributed by atoms with E-state index in [9.17, 15) is 0 Å². The number of hydrogen-bond donors (Lipinski definition) is 2. The number of amidine groups is 1. The van der Waals surface area contributed by atoms with Gasteiger partial charge in [0.25, 0.3) is 0 Å². The molecule has 3 heterocycles. The lowest BCUT2D eigenvalue weighted by Gasteiger charge is -2.29. The summed E-state index contributed by atoms with van der Waals surface area (Å²) in [5.41, 5.74) is 9.15. The fourth-order valence-electron chi connectivity index (χ4n) is 4.01. The van der Waals surface area contributed by atoms with Gasteiger partial charge in [-0.2, -0.15) is 0 Å². The van der Waals surface area contributed by atoms with Crippen molar-refractivity contribution in [3.05, 3.63) is 66.5 Å². The van der Waals surface area contributed by atoms with E-state index in [4.69, 9.17) is 15.9 Å². The molecule has 3 N–H and O–H groups in total. The zero-order valence-corrected chi connectivity index (χ0v) is 16.8. The van der Waals surface area contributed by atoms with Crippen LogP contribution in [0.3, 0.4) is 0 Å². The molecule has 1 aromatic heterocycles. The van der Waals surface area contributed by atoms with Gasteiger partial charge in [0.1, 0.15) is 16.6 Å². The molecule has 2 aliphatic heterocycles. The van der Waals surface area contributed by atoms with Crippen LogP contribution in [0.4, 0.5) is 11.4 Å². The molecule has 2 fully saturated rings. The summed E-state index contributed by atoms with van der Waals surface area (Å²) in [7, 11) is 0. The Labute approximate surface area is 174 Å². The average molecular weight is 406 g/mol. The molecule has 2 atom stereocenters. The van der Waals surface area contributed by atoms with Gasteiger partial charge in [-0.25, -0.2) is 0 Å². The number of fused-ring (bicyclic) bond motifs is 1. The normalized spacial score (nSPS) is 22.4. The van der Waals surface area contributed by atoms with E-state index in [-0.39, 0.29) is 10.7 Å². The van der Waals surface area contributed by atoms with Crippen LogP contribution in [0.25, 0.3) is 10.8 Å². The van der Waals surface area contributed by atoms with Crippen molar-refractivity contribution < 1.29 is 4.74 Å². The van der Waals surface area contributed by atoms with Crippen molar-refractivity contribution in [3.8, 4) is 0 Å². The molecule has 2 unspecified atom stereocenters. The second kappa shape index (κ2) is 7.67. The van der Waals surface area contributed by atoms with Crippen molar-refractivity contribution in [2.45, 2.75) is 10.7 Å². The zero-order chi connectivity index (χ0) is 19.8. The van der Waals surface area contributed by atoms with Gasteiger partial charge in [-0.3, -0.25) is 10.4 Å². The average Bonchev–Trinajstić information content (AvgIpc) is 3.08. The van der Waals surface area contributed by atoms with Crippen LogP contribution in [0.15, 0.2) is 60.8 Å². The van der Waals surface area contributed by atoms with Crippen molar-refractivity contribution in [3.63, 3.8) is 0 Å². The van der Waals surface area contributed by atoms with Crippen LogP contribution in [-0.2, 0) is 4.74 Å². The quantitative estimate of drug-likeness (QED) is 0.693. The van der Waals surface area contributed by atoms with Crippen molar-refractivity contribution in [2.24, 2.45) is 5.73 Å². The van der Waals surface area contributed by atoms with Crippen LogP contribution in [-0.4, -0.2) is 42.6 Å². The highest BCUT2D eigenvalue weighted by molar-refractivity contribution is 8.01. The SMILES string of the molecule is N=C1C(c2nccc3ccccc23)SC(N)N1c1ccc(N2CCOCC2)cc1. The lowest BCUT2D eigenvalue weighted by Crippen LogP contribution is -2.38. The van der Waals surface area contributed by atoms with Gasteiger partial charge in [0, 0.05) is 36.0 Å². The second-order valence-corrected chi connectivity index (χ2v) is 8.42. The van der Waals surface area contributed by atoms with Crippen LogP contribution in [0, 0.1) is 5.41 Å². The predicted molar refractivity (Wildman–Crippen MR) is 120 cm³/mol. The number of morpholine rings is 1. The number of thioether (sulfide) groups is 1. The van der Waals surface area contributed by atoms with Crippen LogP contribution in [0.2, 0.25) is 0 Å². The smallest absolute Gasteiger partial charge is 0.132 e. The van der Waals surface area contributed by atoms with Crippen molar-refractivity contribution in [1.82, 2.24) is 4.98 Å². The molecule has 0 amide bonds. The minimum Gasteiger partial charge on any atom is -0.378 e. The monoisotopic (exact) mass is 405 g/mol. The largest absolute Gasteiger partial charge is 0.378 e. The van der Waals surface area contributed by atoms with E-state index in [1.54, 1.807) is 11.8 Å². The molecule has 7 heteroatoms. The molecule has 0 aliphatic carbocycles. The lowest BCUT2D eigenvalue weighted by atomic mass is 10.1. The summed E-state index contributed by atoms with van der Waals surface area (Å²) in [5.74, 6) is 0.477. The summed E-state index contributed by atoms with van der Waals surface area (Å²) in [6.07, 6.45) is 1.82. The van der Waals surface area contributed by atoms with E-state index in [0.29, 0.717) is 5.84 Å². The number of anilines is 2. The maximum absolute atomic E-state index is 8.85. The Bertz CT molecular complexity index is 1030. The Kier molecular flexibility index (Phi) is 4.87. The first-order chi connectivity index (χ1) is 14.2. The van der Waals surface area contributed by atoms with Gasteiger partial charge in [-0.15, -0.1) is 11.8 Å². The van der Waals surface area contributed by atoms with E-state index in [0.717, 1.165) is 48.5 Å². The Balaban J connectivity index is 1.42. The highest BCUT2D eigenvalue weighted by atomic mass is 32.2. The highest BCUT2D eigenvalue weighted by Crippen LogP contribution is 2.44. The molecule has 5 rings (SSSR count). The van der Waals surface area contributed by atoms with Crippen molar-refractivity contribution in [2.75, 3.05) is 36.1 Å². The summed E-state index contributed by atoms with van der Waals surface area (Å²) in [5, 5.41) is 10.9. The van der Waals surface area contributed by atoms with Gasteiger partial charge in [0.05, 0.1) is 18.9 Å². The molecular weight excluding hydrogens is 382 g/mol. The standard InChI is InChI=1S/C22H23N5OS/c23-21-20(19-18-4-2-1-3-15(18)9-10-25-19)29-22(24)27(21)17-7-5-16(6-8-17)26-11-13-28-14-12-26/h1-10,20,22-23H,11-14,24H2. The van der Waals surface area contributed by atoms with Crippen LogP contribution in [0.1, 0.15) is 10.9 Å². The van der Waals surface area contributed by atoms with E-state index >= 15 is 0 Å². The van der Waals surface area contributed by atoms with Gasteiger partial charge in [-0.1, -0.05) is 24.3 Å². The van der Waals surface area contributed by atoms with Gasteiger partial charge in [-0.05, 0) is 35.7 Å². The number of ether oxygens (including phenoxy) is 1. The predicted octanol–water partition coefficient (Wildman–Crippen LogP) is 3.59. The maximum Gasteiger partial charge on any atom is 0.132 e. The number of pyridine rings is 1. The van der Waals surface area contributed by atoms with Crippen LogP contribution >= 0.6 is 11.8 Å². The lowest BCUT2D eigenvalue weighted by molar-refractivity contribution is 0.122. The third-order valence-corrected chi connectivity index (χ3v) is 6.70. The molecule has 2 aromatic carbocycles. The minimum atomic E-state index is -0.317. The van der Waals surface area contributed by atoms with E-state index < -0.39 is 0 Å². The van der Waals surface area contributed by atoms with Crippen LogP contribution in [0.5, 0.6) is 0 Å². The first kappa shape index (κ1) is 18.4. The number of aromatic nitrogens is 1. The molecule has 3 aromatic rings. The van der Waals surface area contributed by atoms with E-state index in [1.165, 1.54) is 5.69 Å². The number of hydrogen-bond acceptors (Lipinski definition) is 6. The molecule has 2 saturated heterocycles. The summed E-state index contributed by atoms with van der Waals surface area (Å²) >= 11 is 1.57. The number of nitrogens with two attached hydrogens (primary N) is 1. The van der Waals surface area contributed by atoms with Crippen LogP contribution < -0.4 is 15.5 Å². The Morgan fingerprint density at radius 2 is 1.72 bits per heavy atom. The summed E-state index contributed by atoms with van der Waals surface area (Å²) in [6, 6.07) is 18.5. The fraction of sp³-hybridized carbons (Fsp3) is 0.273. The molecule has 2 aliphatic rings. The first-order valence-corrected chi connectivity index (χ1v) is 10.7. The molecular formula is C22H23N5OS. The fourth-order valence-corrected chi connectivity index (χ4v) is 5.20. The molecule has 6 nitrogen and oxygen atoms in total. The third-order valence-electron chi connectivity index (χ3n) is 5.49. The molecule has 0 bridgehead atoms. The second-order valence-electron chi connectivity index (χ2n) is 7.20. The molecule has 0 saturated carbocycles. The number of nitrogens with zero attached hydrogens (tertiary/aromatic N) is 3. The van der Waals surface area contributed by atoms with E-state index in [2.05, 4.69) is 46.3 Å². The topological polar surface area (TPSA) is 78.5 Å². The highest BCUT2D eigenvalue weighted by Gasteiger charge is 2.38. The van der Waals surface area contributed by atoms with Gasteiger partial charge in [0.15, 0.2) is 0 Å². The first-order valence-electron chi connectivity index (χ1n) is 9.77. The van der Waals surface area contributed by atoms with Crippen molar-refractivity contribution in [1.29, 1.82) is 5.41 Å². The van der Waals surface area contributed by atoms with Crippen molar-refractivity contribution >= 4 is 39.7 Å². The van der Waals surface area contributed by atoms with Gasteiger partial charge >= 0.3 is 0 Å². The molecule has 0 radical (unpaired) electrons. The summed E-state index contributed by atoms with van der Waals surface area (Å²) in [4.78, 5) is 8.84. The number of nitrogens with one attached hydrogen (secondary N) is 1. The maximum atomic E-state index is 8.85. The number of benzene rings is 2. The minimum absolute atomic E-state index is 0.185. The molecule has 29 heavy (non-hydrogen) atoms. The zero-order valence-electron chi connectivity index (χ0n) is 16.0. The Hall–Kier alpha value is -2.61. The summed E-state index contributed by atoms with van der Waals surface area (Å²) in [6.45, 7) is 3.34. The number of rotatable bonds is 3. The molecule has 0 spiro atoms. The Morgan fingerprint density at radius 3 is 2.52 bits per heavy atom. The summed E-state index contributed by atoms with van der Waals surface area (Å²) < 4.78 is 5.44. The van der Waals surface area contributed by atoms with E-state index in [1.807, 2.05) is 29.3 Å². The van der Waals surface area contributed by atoms with Gasteiger partial charge in [0.2, 0.25) is 0 Å². The third kappa shape index (κ3) is 3.35.